The first-order valence-electron chi connectivity index (χ1n) is 8.53. The minimum atomic E-state index is -0.0891. The van der Waals surface area contributed by atoms with Crippen LogP contribution in [0.5, 0.6) is 11.5 Å². The van der Waals surface area contributed by atoms with Crippen LogP contribution in [-0.4, -0.2) is 54.0 Å². The van der Waals surface area contributed by atoms with Gasteiger partial charge in [0.2, 0.25) is 0 Å². The van der Waals surface area contributed by atoms with Gasteiger partial charge in [-0.2, -0.15) is 0 Å². The molecular formula is C19H24N4O2. The number of piperidine rings is 1. The summed E-state index contributed by atoms with van der Waals surface area (Å²) in [6, 6.07) is 11.4. The molecule has 3 rings (SSSR count). The molecule has 1 aromatic heterocycles. The molecule has 6 nitrogen and oxygen atoms in total. The number of carbonyl (C=O) groups is 1. The van der Waals surface area contributed by atoms with Crippen LogP contribution >= 0.6 is 0 Å². The topological polar surface area (TPSA) is 57.7 Å². The van der Waals surface area contributed by atoms with E-state index in [1.807, 2.05) is 41.3 Å². The third-order valence-corrected chi connectivity index (χ3v) is 4.40. The molecule has 25 heavy (non-hydrogen) atoms. The Morgan fingerprint density at radius 2 is 2.12 bits per heavy atom. The zero-order chi connectivity index (χ0) is 17.6. The predicted octanol–water partition coefficient (Wildman–Crippen LogP) is 3.43. The van der Waals surface area contributed by atoms with Gasteiger partial charge in [-0.1, -0.05) is 12.1 Å². The molecule has 1 saturated heterocycles. The summed E-state index contributed by atoms with van der Waals surface area (Å²) in [7, 11) is 4.12. The van der Waals surface area contributed by atoms with Crippen LogP contribution in [0, 0.1) is 0 Å². The Balaban J connectivity index is 1.69. The predicted molar refractivity (Wildman–Crippen MR) is 98.1 cm³/mol. The number of ether oxygens (including phenoxy) is 1. The van der Waals surface area contributed by atoms with Gasteiger partial charge in [0, 0.05) is 25.3 Å². The Hall–Kier alpha value is -2.60. The van der Waals surface area contributed by atoms with Gasteiger partial charge in [0.25, 0.3) is 0 Å². The number of nitrogens with zero attached hydrogens (tertiary/aromatic N) is 3. The molecule has 2 aromatic rings. The number of pyridine rings is 1. The first kappa shape index (κ1) is 17.2. The fourth-order valence-corrected chi connectivity index (χ4v) is 2.95. The lowest BCUT2D eigenvalue weighted by Crippen LogP contribution is -2.48. The Morgan fingerprint density at radius 1 is 1.28 bits per heavy atom. The summed E-state index contributed by atoms with van der Waals surface area (Å²) in [5.74, 6) is 1.24. The van der Waals surface area contributed by atoms with E-state index >= 15 is 0 Å². The molecule has 0 saturated carbocycles. The fraction of sp³-hybridized carbons (Fsp3) is 0.368. The Labute approximate surface area is 148 Å². The summed E-state index contributed by atoms with van der Waals surface area (Å²) in [6.07, 6.45) is 5.48. The molecule has 1 atom stereocenters. The number of anilines is 1. The Kier molecular flexibility index (Phi) is 5.50. The molecule has 2 amide bonds. The van der Waals surface area contributed by atoms with Crippen LogP contribution in [0.2, 0.25) is 0 Å². The monoisotopic (exact) mass is 340 g/mol. The minimum Gasteiger partial charge on any atom is -0.454 e. The second-order valence-corrected chi connectivity index (χ2v) is 6.42. The highest BCUT2D eigenvalue weighted by Crippen LogP contribution is 2.29. The summed E-state index contributed by atoms with van der Waals surface area (Å²) in [5, 5.41) is 2.98. The van der Waals surface area contributed by atoms with Crippen LogP contribution in [-0.2, 0) is 0 Å². The molecule has 132 valence electrons. The van der Waals surface area contributed by atoms with Gasteiger partial charge in [-0.3, -0.25) is 4.98 Å². The molecule has 0 bridgehead atoms. The maximum absolute atomic E-state index is 12.7. The van der Waals surface area contributed by atoms with Crippen molar-refractivity contribution >= 4 is 11.7 Å². The molecular weight excluding hydrogens is 316 g/mol. The maximum Gasteiger partial charge on any atom is 0.322 e. The molecule has 0 unspecified atom stereocenters. The van der Waals surface area contributed by atoms with Crippen molar-refractivity contribution in [2.75, 3.05) is 32.5 Å². The number of nitrogens with one attached hydrogen (secondary N) is 1. The number of urea groups is 1. The van der Waals surface area contributed by atoms with E-state index in [-0.39, 0.29) is 6.03 Å². The van der Waals surface area contributed by atoms with E-state index in [0.29, 0.717) is 23.2 Å². The SMILES string of the molecule is CN(C)[C@@H]1CCCN(C(=O)Nc2ccccc2Oc2cccnc2)C1. The first-order valence-corrected chi connectivity index (χ1v) is 8.53. The van der Waals surface area contributed by atoms with Gasteiger partial charge in [-0.05, 0) is 51.2 Å². The fourth-order valence-electron chi connectivity index (χ4n) is 2.95. The van der Waals surface area contributed by atoms with Crippen molar-refractivity contribution < 1.29 is 9.53 Å². The van der Waals surface area contributed by atoms with Gasteiger partial charge < -0.3 is 19.9 Å². The van der Waals surface area contributed by atoms with E-state index in [1.54, 1.807) is 12.4 Å². The van der Waals surface area contributed by atoms with Gasteiger partial charge >= 0.3 is 6.03 Å². The smallest absolute Gasteiger partial charge is 0.322 e. The Bertz CT molecular complexity index is 706. The number of rotatable bonds is 4. The number of benzene rings is 1. The number of amides is 2. The lowest BCUT2D eigenvalue weighted by Gasteiger charge is -2.36. The van der Waals surface area contributed by atoms with Crippen LogP contribution in [0.1, 0.15) is 12.8 Å². The average Bonchev–Trinajstić information content (AvgIpc) is 2.64. The molecule has 2 heterocycles. The minimum absolute atomic E-state index is 0.0891. The summed E-state index contributed by atoms with van der Waals surface area (Å²) < 4.78 is 5.85. The van der Waals surface area contributed by atoms with Crippen molar-refractivity contribution in [3.63, 3.8) is 0 Å². The maximum atomic E-state index is 12.7. The number of carbonyl (C=O) groups excluding carboxylic acids is 1. The van der Waals surface area contributed by atoms with Crippen LogP contribution in [0.25, 0.3) is 0 Å². The van der Waals surface area contributed by atoms with Crippen molar-refractivity contribution in [3.8, 4) is 11.5 Å². The second kappa shape index (κ2) is 7.98. The molecule has 1 fully saturated rings. The van der Waals surface area contributed by atoms with Crippen LogP contribution in [0.4, 0.5) is 10.5 Å². The molecule has 1 aromatic carbocycles. The first-order chi connectivity index (χ1) is 12.1. The highest BCUT2D eigenvalue weighted by molar-refractivity contribution is 5.91. The second-order valence-electron chi connectivity index (χ2n) is 6.42. The number of hydrogen-bond acceptors (Lipinski definition) is 4. The van der Waals surface area contributed by atoms with Gasteiger partial charge in [-0.15, -0.1) is 0 Å². The summed E-state index contributed by atoms with van der Waals surface area (Å²) in [4.78, 5) is 20.8. The van der Waals surface area contributed by atoms with Gasteiger partial charge in [-0.25, -0.2) is 4.79 Å². The highest BCUT2D eigenvalue weighted by Gasteiger charge is 2.25. The van der Waals surface area contributed by atoms with Gasteiger partial charge in [0.05, 0.1) is 11.9 Å². The van der Waals surface area contributed by atoms with E-state index in [2.05, 4.69) is 29.3 Å². The molecule has 6 heteroatoms. The molecule has 0 radical (unpaired) electrons. The highest BCUT2D eigenvalue weighted by atomic mass is 16.5. The summed E-state index contributed by atoms with van der Waals surface area (Å²) >= 11 is 0. The van der Waals surface area contributed by atoms with Crippen LogP contribution in [0.3, 0.4) is 0 Å². The normalized spacial score (nSPS) is 17.4. The number of para-hydroxylation sites is 2. The van der Waals surface area contributed by atoms with E-state index in [0.717, 1.165) is 25.9 Å². The van der Waals surface area contributed by atoms with Crippen molar-refractivity contribution in [1.29, 1.82) is 0 Å². The van der Waals surface area contributed by atoms with Crippen molar-refractivity contribution in [1.82, 2.24) is 14.8 Å². The van der Waals surface area contributed by atoms with E-state index < -0.39 is 0 Å². The van der Waals surface area contributed by atoms with Crippen molar-refractivity contribution in [3.05, 3.63) is 48.8 Å². The van der Waals surface area contributed by atoms with E-state index in [4.69, 9.17) is 4.74 Å². The molecule has 1 N–H and O–H groups in total. The summed E-state index contributed by atoms with van der Waals surface area (Å²) in [5.41, 5.74) is 0.656. The number of aromatic nitrogens is 1. The third-order valence-electron chi connectivity index (χ3n) is 4.40. The van der Waals surface area contributed by atoms with Crippen LogP contribution in [0.15, 0.2) is 48.8 Å². The van der Waals surface area contributed by atoms with Crippen molar-refractivity contribution in [2.24, 2.45) is 0 Å². The van der Waals surface area contributed by atoms with Gasteiger partial charge in [0.15, 0.2) is 5.75 Å². The van der Waals surface area contributed by atoms with E-state index in [9.17, 15) is 4.79 Å². The summed E-state index contributed by atoms with van der Waals surface area (Å²) in [6.45, 7) is 1.52. The zero-order valence-corrected chi connectivity index (χ0v) is 14.7. The largest absolute Gasteiger partial charge is 0.454 e. The lowest BCUT2D eigenvalue weighted by atomic mass is 10.1. The molecule has 0 spiro atoms. The van der Waals surface area contributed by atoms with E-state index in [1.165, 1.54) is 0 Å². The number of likely N-dealkylation sites (tertiary alicyclic amines) is 1. The molecule has 1 aliphatic heterocycles. The number of hydrogen-bond donors (Lipinski definition) is 1. The zero-order valence-electron chi connectivity index (χ0n) is 14.7. The van der Waals surface area contributed by atoms with Gasteiger partial charge in [0.1, 0.15) is 5.75 Å². The molecule has 1 aliphatic rings. The number of likely N-dealkylation sites (N-methyl/N-ethyl adjacent to an activating group) is 1. The molecule has 0 aliphatic carbocycles. The Morgan fingerprint density at radius 3 is 2.88 bits per heavy atom. The lowest BCUT2D eigenvalue weighted by molar-refractivity contribution is 0.148. The standard InChI is InChI=1S/C19H24N4O2/c1-22(2)15-7-6-12-23(14-15)19(24)21-17-9-3-4-10-18(17)25-16-8-5-11-20-13-16/h3-5,8-11,13,15H,6-7,12,14H2,1-2H3,(H,21,24)/t15-/m1/s1. The van der Waals surface area contributed by atoms with Crippen LogP contribution < -0.4 is 10.1 Å². The quantitative estimate of drug-likeness (QED) is 0.926. The average molecular weight is 340 g/mol. The van der Waals surface area contributed by atoms with Crippen molar-refractivity contribution in [2.45, 2.75) is 18.9 Å². The third kappa shape index (κ3) is 4.48.